The summed E-state index contributed by atoms with van der Waals surface area (Å²) in [6.45, 7) is 4.31. The Bertz CT molecular complexity index is 949. The molecule has 0 atom stereocenters. The number of aryl methyl sites for hydroxylation is 2. The molecule has 0 radical (unpaired) electrons. The number of tetrazole rings is 1. The Morgan fingerprint density at radius 3 is 2.55 bits per heavy atom. The molecule has 0 unspecified atom stereocenters. The molecule has 29 heavy (non-hydrogen) atoms. The summed E-state index contributed by atoms with van der Waals surface area (Å²) in [7, 11) is 0. The number of aromatic nitrogens is 4. The number of hydrogen-bond acceptors (Lipinski definition) is 5. The molecule has 0 saturated heterocycles. The highest BCUT2D eigenvalue weighted by Gasteiger charge is 2.34. The van der Waals surface area contributed by atoms with Gasteiger partial charge in [0, 0.05) is 32.6 Å². The Morgan fingerprint density at radius 1 is 1.21 bits per heavy atom. The molecule has 1 aromatic carbocycles. The van der Waals surface area contributed by atoms with Crippen LogP contribution in [0.25, 0.3) is 0 Å². The molecule has 2 aliphatic rings. The summed E-state index contributed by atoms with van der Waals surface area (Å²) in [5, 5.41) is 14.8. The van der Waals surface area contributed by atoms with Gasteiger partial charge in [0.25, 0.3) is 0 Å². The van der Waals surface area contributed by atoms with Crippen LogP contribution in [0.5, 0.6) is 0 Å². The maximum absolute atomic E-state index is 13.6. The molecule has 1 aromatic heterocycles. The fourth-order valence-electron chi connectivity index (χ4n) is 3.90. The van der Waals surface area contributed by atoms with Gasteiger partial charge in [0.05, 0.1) is 12.1 Å². The fraction of sp³-hybridized carbons (Fsp3) is 0.474. The van der Waals surface area contributed by atoms with Crippen LogP contribution in [-0.2, 0) is 23.9 Å². The summed E-state index contributed by atoms with van der Waals surface area (Å²) >= 11 is 0. The second-order valence-corrected chi connectivity index (χ2v) is 7.37. The van der Waals surface area contributed by atoms with Crippen LogP contribution in [0.15, 0.2) is 29.3 Å². The predicted octanol–water partition coefficient (Wildman–Crippen LogP) is 1.72. The van der Waals surface area contributed by atoms with Gasteiger partial charge in [-0.15, -0.1) is 10.2 Å². The topological polar surface area (TPSA) is 75.9 Å². The lowest BCUT2D eigenvalue weighted by molar-refractivity contribution is -0.138. The van der Waals surface area contributed by atoms with Crippen LogP contribution in [-0.4, -0.2) is 57.2 Å². The van der Waals surface area contributed by atoms with Crippen molar-refractivity contribution in [2.24, 2.45) is 0 Å². The lowest BCUT2D eigenvalue weighted by Crippen LogP contribution is -2.32. The summed E-state index contributed by atoms with van der Waals surface area (Å²) in [6.07, 6.45) is -4.12. The van der Waals surface area contributed by atoms with Gasteiger partial charge in [-0.25, -0.2) is 0 Å². The molecule has 4 rings (SSSR count). The van der Waals surface area contributed by atoms with E-state index in [9.17, 15) is 18.0 Å². The Kier molecular flexibility index (Phi) is 5.12. The molecule has 154 valence electrons. The third-order valence-corrected chi connectivity index (χ3v) is 5.33. The summed E-state index contributed by atoms with van der Waals surface area (Å²) in [5.74, 6) is 0.341. The predicted molar refractivity (Wildman–Crippen MR) is 97.9 cm³/mol. The zero-order chi connectivity index (χ0) is 20.6. The molecule has 10 heteroatoms. The van der Waals surface area contributed by atoms with Crippen LogP contribution >= 0.6 is 0 Å². The molecule has 3 heterocycles. The molecule has 1 amide bonds. The molecule has 7 nitrogen and oxygen atoms in total. The van der Waals surface area contributed by atoms with Crippen molar-refractivity contribution in [3.8, 4) is 0 Å². The van der Waals surface area contributed by atoms with Crippen molar-refractivity contribution >= 4 is 5.91 Å². The van der Waals surface area contributed by atoms with Crippen molar-refractivity contribution in [1.82, 2.24) is 30.4 Å². The van der Waals surface area contributed by atoms with E-state index in [0.29, 0.717) is 24.5 Å². The molecular formula is C19H21F3N6O. The van der Waals surface area contributed by atoms with Gasteiger partial charge in [0.2, 0.25) is 5.91 Å². The van der Waals surface area contributed by atoms with Crippen LogP contribution in [0.2, 0.25) is 0 Å². The molecule has 2 aliphatic heterocycles. The molecule has 1 N–H and O–H groups in total. The van der Waals surface area contributed by atoms with Crippen molar-refractivity contribution in [2.75, 3.05) is 26.2 Å². The van der Waals surface area contributed by atoms with Crippen LogP contribution in [0.3, 0.4) is 0 Å². The second kappa shape index (κ2) is 7.58. The zero-order valence-corrected chi connectivity index (χ0v) is 16.0. The molecule has 0 fully saturated rings. The summed E-state index contributed by atoms with van der Waals surface area (Å²) in [6, 6.07) is 4.06. The van der Waals surface area contributed by atoms with Gasteiger partial charge in [0.1, 0.15) is 0 Å². The first-order valence-electron chi connectivity index (χ1n) is 9.42. The van der Waals surface area contributed by atoms with Crippen molar-refractivity contribution in [2.45, 2.75) is 32.5 Å². The van der Waals surface area contributed by atoms with Gasteiger partial charge >= 0.3 is 6.18 Å². The molecular weight excluding hydrogens is 385 g/mol. The van der Waals surface area contributed by atoms with Crippen LogP contribution in [0.4, 0.5) is 13.2 Å². The number of hydrogen-bond donors (Lipinski definition) is 1. The van der Waals surface area contributed by atoms with Gasteiger partial charge in [-0.3, -0.25) is 4.79 Å². The molecule has 0 spiro atoms. The number of carbonyl (C=O) groups excluding carboxylic acids is 1. The minimum absolute atomic E-state index is 0.0440. The first-order chi connectivity index (χ1) is 13.8. The Hall–Kier alpha value is -2.75. The number of carbonyl (C=O) groups is 1. The van der Waals surface area contributed by atoms with E-state index in [0.717, 1.165) is 24.0 Å². The lowest BCUT2D eigenvalue weighted by Gasteiger charge is -2.20. The first kappa shape index (κ1) is 19.6. The monoisotopic (exact) mass is 406 g/mol. The van der Waals surface area contributed by atoms with E-state index in [4.69, 9.17) is 0 Å². The average molecular weight is 406 g/mol. The third kappa shape index (κ3) is 4.16. The highest BCUT2D eigenvalue weighted by atomic mass is 19.4. The highest BCUT2D eigenvalue weighted by molar-refractivity contribution is 5.78. The van der Waals surface area contributed by atoms with Gasteiger partial charge in [-0.05, 0) is 46.9 Å². The van der Waals surface area contributed by atoms with Crippen molar-refractivity contribution in [3.63, 3.8) is 0 Å². The number of nitrogens with zero attached hydrogens (tertiary/aromatic N) is 5. The number of amides is 1. The summed E-state index contributed by atoms with van der Waals surface area (Å²) in [4.78, 5) is 15.5. The average Bonchev–Trinajstić information content (AvgIpc) is 3.35. The highest BCUT2D eigenvalue weighted by Crippen LogP contribution is 2.34. The standard InChI is InChI=1S/C19H21F3N6O/c1-12-24-26-28(25-12)11-16-13(3-2-4-17(16)19(20,21)22)5-6-18(29)27-9-14-7-23-8-15(14)10-27/h2-4,23H,5-11H2,1H3. The van der Waals surface area contributed by atoms with E-state index in [-0.39, 0.29) is 30.9 Å². The summed E-state index contributed by atoms with van der Waals surface area (Å²) in [5.41, 5.74) is 2.34. The van der Waals surface area contributed by atoms with E-state index >= 15 is 0 Å². The van der Waals surface area contributed by atoms with E-state index in [2.05, 4.69) is 20.7 Å². The largest absolute Gasteiger partial charge is 0.416 e. The number of nitrogens with one attached hydrogen (secondary N) is 1. The SMILES string of the molecule is Cc1nnn(Cc2c(CCC(=O)N3CC4=C(CNC4)C3)cccc2C(F)(F)F)n1. The van der Waals surface area contributed by atoms with E-state index in [1.807, 2.05) is 0 Å². The van der Waals surface area contributed by atoms with Crippen LogP contribution in [0, 0.1) is 6.92 Å². The second-order valence-electron chi connectivity index (χ2n) is 7.37. The number of alkyl halides is 3. The van der Waals surface area contributed by atoms with E-state index in [1.165, 1.54) is 17.2 Å². The third-order valence-electron chi connectivity index (χ3n) is 5.33. The Labute approximate surface area is 165 Å². The molecule has 0 saturated carbocycles. The lowest BCUT2D eigenvalue weighted by atomic mass is 9.97. The quantitative estimate of drug-likeness (QED) is 0.766. The van der Waals surface area contributed by atoms with E-state index < -0.39 is 11.7 Å². The van der Waals surface area contributed by atoms with Crippen molar-refractivity contribution in [1.29, 1.82) is 0 Å². The van der Waals surface area contributed by atoms with Crippen molar-refractivity contribution in [3.05, 3.63) is 51.9 Å². The minimum atomic E-state index is -4.50. The Balaban J connectivity index is 1.51. The molecule has 0 aliphatic carbocycles. The molecule has 0 bridgehead atoms. The Morgan fingerprint density at radius 2 is 1.93 bits per heavy atom. The van der Waals surface area contributed by atoms with Gasteiger partial charge in [-0.1, -0.05) is 12.1 Å². The zero-order valence-electron chi connectivity index (χ0n) is 16.0. The van der Waals surface area contributed by atoms with Gasteiger partial charge < -0.3 is 10.2 Å². The summed E-state index contributed by atoms with van der Waals surface area (Å²) < 4.78 is 40.7. The minimum Gasteiger partial charge on any atom is -0.335 e. The fourth-order valence-corrected chi connectivity index (χ4v) is 3.90. The van der Waals surface area contributed by atoms with Gasteiger partial charge in [-0.2, -0.15) is 18.0 Å². The maximum Gasteiger partial charge on any atom is 0.416 e. The number of halogens is 3. The first-order valence-corrected chi connectivity index (χ1v) is 9.42. The smallest absolute Gasteiger partial charge is 0.335 e. The van der Waals surface area contributed by atoms with Crippen LogP contribution < -0.4 is 5.32 Å². The normalized spacial score (nSPS) is 16.6. The van der Waals surface area contributed by atoms with Gasteiger partial charge in [0.15, 0.2) is 5.82 Å². The number of benzene rings is 1. The number of rotatable bonds is 5. The van der Waals surface area contributed by atoms with Crippen LogP contribution in [0.1, 0.15) is 28.9 Å². The molecule has 2 aromatic rings. The maximum atomic E-state index is 13.6. The van der Waals surface area contributed by atoms with Crippen molar-refractivity contribution < 1.29 is 18.0 Å². The van der Waals surface area contributed by atoms with E-state index in [1.54, 1.807) is 17.9 Å².